The number of hydrogen-bond acceptors (Lipinski definition) is 3. The highest BCUT2D eigenvalue weighted by Gasteiger charge is 2.21. The second kappa shape index (κ2) is 9.15. The minimum Gasteiger partial charge on any atom is -0.348 e. The Morgan fingerprint density at radius 2 is 1.52 bits per heavy atom. The molecule has 0 unspecified atom stereocenters. The summed E-state index contributed by atoms with van der Waals surface area (Å²) in [6.07, 6.45) is 6.25. The molecule has 0 spiro atoms. The minimum absolute atomic E-state index is 0.00588. The number of nitrogens with one attached hydrogen (secondary N) is 2. The normalized spacial score (nSPS) is 15.9. The maximum atomic E-state index is 12.6. The lowest BCUT2D eigenvalue weighted by atomic mass is 10.1. The van der Waals surface area contributed by atoms with Crippen LogP contribution in [-0.4, -0.2) is 20.4 Å². The highest BCUT2D eigenvalue weighted by Crippen LogP contribution is 2.20. The maximum absolute atomic E-state index is 12.6. The SMILES string of the molecule is O=C(NCc1ccccc1)c1ccc(S(=O)(=O)NC2CCCCCC2)cc1. The van der Waals surface area contributed by atoms with Crippen LogP contribution in [0.1, 0.15) is 54.4 Å². The van der Waals surface area contributed by atoms with E-state index in [1.807, 2.05) is 30.3 Å². The van der Waals surface area contributed by atoms with E-state index in [4.69, 9.17) is 0 Å². The van der Waals surface area contributed by atoms with E-state index in [9.17, 15) is 13.2 Å². The molecule has 0 bridgehead atoms. The van der Waals surface area contributed by atoms with E-state index in [-0.39, 0.29) is 16.8 Å². The van der Waals surface area contributed by atoms with Gasteiger partial charge in [0.05, 0.1) is 4.90 Å². The zero-order chi connectivity index (χ0) is 19.1. The van der Waals surface area contributed by atoms with E-state index in [0.29, 0.717) is 12.1 Å². The van der Waals surface area contributed by atoms with Crippen LogP contribution in [0.15, 0.2) is 59.5 Å². The predicted molar refractivity (Wildman–Crippen MR) is 106 cm³/mol. The van der Waals surface area contributed by atoms with Crippen LogP contribution in [0.2, 0.25) is 0 Å². The Morgan fingerprint density at radius 3 is 2.15 bits per heavy atom. The van der Waals surface area contributed by atoms with Crippen LogP contribution in [0.25, 0.3) is 0 Å². The van der Waals surface area contributed by atoms with Crippen molar-refractivity contribution in [2.45, 2.75) is 56.0 Å². The highest BCUT2D eigenvalue weighted by molar-refractivity contribution is 7.89. The fourth-order valence-electron chi connectivity index (χ4n) is 3.35. The van der Waals surface area contributed by atoms with E-state index >= 15 is 0 Å². The largest absolute Gasteiger partial charge is 0.348 e. The molecule has 2 N–H and O–H groups in total. The highest BCUT2D eigenvalue weighted by atomic mass is 32.2. The lowest BCUT2D eigenvalue weighted by Crippen LogP contribution is -2.34. The fourth-order valence-corrected chi connectivity index (χ4v) is 4.66. The standard InChI is InChI=1S/C21H26N2O3S/c24-21(22-16-17-8-4-3-5-9-17)18-12-14-20(15-13-18)27(25,26)23-19-10-6-1-2-7-11-19/h3-5,8-9,12-15,19,23H,1-2,6-7,10-11,16H2,(H,22,24). The van der Waals surface area contributed by atoms with Crippen molar-refractivity contribution in [1.29, 1.82) is 0 Å². The second-order valence-corrected chi connectivity index (χ2v) is 8.72. The summed E-state index contributed by atoms with van der Waals surface area (Å²) in [7, 11) is -3.56. The molecular formula is C21H26N2O3S. The number of carbonyl (C=O) groups excluding carboxylic acids is 1. The summed E-state index contributed by atoms with van der Waals surface area (Å²) in [5, 5.41) is 2.84. The molecule has 144 valence electrons. The number of carbonyl (C=O) groups is 1. The first-order chi connectivity index (χ1) is 13.0. The van der Waals surface area contributed by atoms with Crippen LogP contribution in [0.5, 0.6) is 0 Å². The lowest BCUT2D eigenvalue weighted by Gasteiger charge is -2.16. The Morgan fingerprint density at radius 1 is 0.889 bits per heavy atom. The first kappa shape index (κ1) is 19.6. The third-order valence-electron chi connectivity index (χ3n) is 4.90. The van der Waals surface area contributed by atoms with Crippen molar-refractivity contribution in [1.82, 2.24) is 10.0 Å². The van der Waals surface area contributed by atoms with E-state index in [1.165, 1.54) is 25.0 Å². The predicted octanol–water partition coefficient (Wildman–Crippen LogP) is 3.62. The summed E-state index contributed by atoms with van der Waals surface area (Å²) >= 11 is 0. The Bertz CT molecular complexity index is 841. The smallest absolute Gasteiger partial charge is 0.251 e. The van der Waals surface area contributed by atoms with Crippen molar-refractivity contribution in [3.05, 3.63) is 65.7 Å². The lowest BCUT2D eigenvalue weighted by molar-refractivity contribution is 0.0951. The minimum atomic E-state index is -3.56. The summed E-state index contributed by atoms with van der Waals surface area (Å²) in [5.41, 5.74) is 1.46. The molecular weight excluding hydrogens is 360 g/mol. The summed E-state index contributed by atoms with van der Waals surface area (Å²) < 4.78 is 28.0. The van der Waals surface area contributed by atoms with Crippen molar-refractivity contribution in [3.8, 4) is 0 Å². The molecule has 1 saturated carbocycles. The number of hydrogen-bond donors (Lipinski definition) is 2. The molecule has 0 aliphatic heterocycles. The van der Waals surface area contributed by atoms with Gasteiger partial charge < -0.3 is 5.32 Å². The number of benzene rings is 2. The monoisotopic (exact) mass is 386 g/mol. The molecule has 1 fully saturated rings. The van der Waals surface area contributed by atoms with E-state index in [1.54, 1.807) is 12.1 Å². The van der Waals surface area contributed by atoms with Crippen LogP contribution in [0.4, 0.5) is 0 Å². The van der Waals surface area contributed by atoms with Crippen molar-refractivity contribution in [2.75, 3.05) is 0 Å². The van der Waals surface area contributed by atoms with Crippen LogP contribution >= 0.6 is 0 Å². The average Bonchev–Trinajstić information content (AvgIpc) is 2.95. The summed E-state index contributed by atoms with van der Waals surface area (Å²) in [5.74, 6) is -0.223. The van der Waals surface area contributed by atoms with Gasteiger partial charge in [-0.2, -0.15) is 0 Å². The van der Waals surface area contributed by atoms with Crippen molar-refractivity contribution < 1.29 is 13.2 Å². The second-order valence-electron chi connectivity index (χ2n) is 7.00. The first-order valence-electron chi connectivity index (χ1n) is 9.49. The van der Waals surface area contributed by atoms with Gasteiger partial charge in [-0.15, -0.1) is 0 Å². The van der Waals surface area contributed by atoms with Gasteiger partial charge in [-0.05, 0) is 42.7 Å². The van der Waals surface area contributed by atoms with Crippen LogP contribution in [0.3, 0.4) is 0 Å². The summed E-state index contributed by atoms with van der Waals surface area (Å²) in [6.45, 7) is 0.433. The van der Waals surface area contributed by atoms with Gasteiger partial charge in [0, 0.05) is 18.2 Å². The van der Waals surface area contributed by atoms with Crippen LogP contribution in [-0.2, 0) is 16.6 Å². The van der Waals surface area contributed by atoms with Gasteiger partial charge in [0.1, 0.15) is 0 Å². The topological polar surface area (TPSA) is 75.3 Å². The fraction of sp³-hybridized carbons (Fsp3) is 0.381. The molecule has 5 nitrogen and oxygen atoms in total. The molecule has 0 aromatic heterocycles. The first-order valence-corrected chi connectivity index (χ1v) is 11.0. The number of rotatable bonds is 6. The van der Waals surface area contributed by atoms with E-state index < -0.39 is 10.0 Å². The summed E-state index contributed by atoms with van der Waals surface area (Å²) in [6, 6.07) is 15.8. The molecule has 0 atom stereocenters. The Kier molecular flexibility index (Phi) is 6.63. The molecule has 0 radical (unpaired) electrons. The van der Waals surface area contributed by atoms with Crippen molar-refractivity contribution in [2.24, 2.45) is 0 Å². The Balaban J connectivity index is 1.60. The van der Waals surface area contributed by atoms with Gasteiger partial charge in [-0.1, -0.05) is 56.0 Å². The molecule has 0 heterocycles. The molecule has 3 rings (SSSR count). The molecule has 1 amide bonds. The van der Waals surface area contributed by atoms with Gasteiger partial charge in [-0.3, -0.25) is 4.79 Å². The molecule has 1 aliphatic carbocycles. The molecule has 2 aromatic carbocycles. The van der Waals surface area contributed by atoms with E-state index in [0.717, 1.165) is 31.2 Å². The number of sulfonamides is 1. The van der Waals surface area contributed by atoms with Gasteiger partial charge >= 0.3 is 0 Å². The third kappa shape index (κ3) is 5.65. The van der Waals surface area contributed by atoms with Gasteiger partial charge in [0.25, 0.3) is 5.91 Å². The van der Waals surface area contributed by atoms with Crippen LogP contribution in [0, 0.1) is 0 Å². The number of amides is 1. The van der Waals surface area contributed by atoms with Gasteiger partial charge in [0.15, 0.2) is 0 Å². The van der Waals surface area contributed by atoms with Gasteiger partial charge in [-0.25, -0.2) is 13.1 Å². The van der Waals surface area contributed by atoms with Crippen molar-refractivity contribution in [3.63, 3.8) is 0 Å². The zero-order valence-corrected chi connectivity index (χ0v) is 16.2. The Labute approximate surface area is 161 Å². The molecule has 6 heteroatoms. The maximum Gasteiger partial charge on any atom is 0.251 e. The van der Waals surface area contributed by atoms with Gasteiger partial charge in [0.2, 0.25) is 10.0 Å². The zero-order valence-electron chi connectivity index (χ0n) is 15.4. The molecule has 0 saturated heterocycles. The summed E-state index contributed by atoms with van der Waals surface area (Å²) in [4.78, 5) is 12.5. The molecule has 1 aliphatic rings. The van der Waals surface area contributed by atoms with E-state index in [2.05, 4.69) is 10.0 Å². The van der Waals surface area contributed by atoms with Crippen LogP contribution < -0.4 is 10.0 Å². The molecule has 2 aromatic rings. The average molecular weight is 387 g/mol. The third-order valence-corrected chi connectivity index (χ3v) is 6.44. The Hall–Kier alpha value is -2.18. The molecule has 27 heavy (non-hydrogen) atoms. The quantitative estimate of drug-likeness (QED) is 0.745. The van der Waals surface area contributed by atoms with Crippen molar-refractivity contribution >= 4 is 15.9 Å².